The standard InChI is InChI=1S/C17H12FN5O3S2/c18-13-6-1-2-7-14(13)21-16(24)17-23-22-15(27-17)10-20-28(25,26)12-5-3-4-11(8-12)9-19/h1-8,20H,10H2,(H,21,24). The summed E-state index contributed by atoms with van der Waals surface area (Å²) >= 11 is 0.874. The molecule has 1 heterocycles. The van der Waals surface area contributed by atoms with Gasteiger partial charge in [-0.3, -0.25) is 4.79 Å². The molecule has 0 fully saturated rings. The lowest BCUT2D eigenvalue weighted by molar-refractivity contribution is 0.102. The summed E-state index contributed by atoms with van der Waals surface area (Å²) < 4.78 is 40.5. The zero-order valence-corrected chi connectivity index (χ0v) is 15.7. The highest BCUT2D eigenvalue weighted by atomic mass is 32.2. The first-order chi connectivity index (χ1) is 13.4. The third-order valence-corrected chi connectivity index (χ3v) is 5.79. The lowest BCUT2D eigenvalue weighted by atomic mass is 10.2. The van der Waals surface area contributed by atoms with Gasteiger partial charge in [0.2, 0.25) is 15.0 Å². The van der Waals surface area contributed by atoms with Crippen molar-refractivity contribution in [3.05, 3.63) is 69.9 Å². The Bertz CT molecular complexity index is 1170. The average Bonchev–Trinajstić information content (AvgIpc) is 3.18. The number of halogens is 1. The number of carbonyl (C=O) groups is 1. The van der Waals surface area contributed by atoms with Gasteiger partial charge < -0.3 is 5.32 Å². The second kappa shape index (κ2) is 8.22. The third-order valence-electron chi connectivity index (χ3n) is 3.47. The van der Waals surface area contributed by atoms with Crippen LogP contribution in [0, 0.1) is 17.1 Å². The monoisotopic (exact) mass is 417 g/mol. The van der Waals surface area contributed by atoms with Gasteiger partial charge in [-0.15, -0.1) is 10.2 Å². The molecule has 28 heavy (non-hydrogen) atoms. The van der Waals surface area contributed by atoms with Gasteiger partial charge in [-0.2, -0.15) is 5.26 Å². The lowest BCUT2D eigenvalue weighted by Gasteiger charge is -2.05. The Morgan fingerprint density at radius 1 is 1.18 bits per heavy atom. The first-order valence-corrected chi connectivity index (χ1v) is 10.1. The molecule has 1 aromatic heterocycles. The fraction of sp³-hybridized carbons (Fsp3) is 0.0588. The molecule has 3 aromatic rings. The molecule has 1 amide bonds. The van der Waals surface area contributed by atoms with Crippen molar-refractivity contribution in [1.29, 1.82) is 5.26 Å². The molecular formula is C17H12FN5O3S2. The Balaban J connectivity index is 1.67. The van der Waals surface area contributed by atoms with Crippen LogP contribution in [0.4, 0.5) is 10.1 Å². The third kappa shape index (κ3) is 4.55. The molecule has 0 radical (unpaired) electrons. The Morgan fingerprint density at radius 3 is 2.71 bits per heavy atom. The van der Waals surface area contributed by atoms with Gasteiger partial charge in [-0.1, -0.05) is 29.5 Å². The van der Waals surface area contributed by atoms with Gasteiger partial charge in [0.25, 0.3) is 5.91 Å². The average molecular weight is 417 g/mol. The highest BCUT2D eigenvalue weighted by molar-refractivity contribution is 7.89. The second-order valence-electron chi connectivity index (χ2n) is 5.40. The number of aromatic nitrogens is 2. The van der Waals surface area contributed by atoms with E-state index in [9.17, 15) is 17.6 Å². The maximum absolute atomic E-state index is 13.6. The van der Waals surface area contributed by atoms with Crippen molar-refractivity contribution >= 4 is 33.0 Å². The molecule has 8 nitrogen and oxygen atoms in total. The van der Waals surface area contributed by atoms with Crippen molar-refractivity contribution in [2.75, 3.05) is 5.32 Å². The molecule has 0 unspecified atom stereocenters. The van der Waals surface area contributed by atoms with Gasteiger partial charge in [0, 0.05) is 0 Å². The first kappa shape index (κ1) is 19.6. The molecule has 0 spiro atoms. The smallest absolute Gasteiger partial charge is 0.286 e. The summed E-state index contributed by atoms with van der Waals surface area (Å²) in [4.78, 5) is 12.1. The number of amides is 1. The van der Waals surface area contributed by atoms with Gasteiger partial charge in [-0.05, 0) is 30.3 Å². The van der Waals surface area contributed by atoms with Crippen molar-refractivity contribution < 1.29 is 17.6 Å². The minimum Gasteiger partial charge on any atom is -0.317 e. The Morgan fingerprint density at radius 2 is 1.96 bits per heavy atom. The summed E-state index contributed by atoms with van der Waals surface area (Å²) in [5.41, 5.74) is 0.216. The predicted octanol–water partition coefficient (Wildman–Crippen LogP) is 2.28. The Labute approximate surface area is 163 Å². The van der Waals surface area contributed by atoms with Crippen LogP contribution in [0.15, 0.2) is 53.4 Å². The van der Waals surface area contributed by atoms with Crippen LogP contribution in [0.25, 0.3) is 0 Å². The SMILES string of the molecule is N#Cc1cccc(S(=O)(=O)NCc2nnc(C(=O)Nc3ccccc3F)s2)c1. The van der Waals surface area contributed by atoms with E-state index in [2.05, 4.69) is 20.2 Å². The largest absolute Gasteiger partial charge is 0.317 e. The predicted molar refractivity (Wildman–Crippen MR) is 99.4 cm³/mol. The number of sulfonamides is 1. The molecule has 0 bridgehead atoms. The molecule has 0 aliphatic carbocycles. The minimum atomic E-state index is -3.87. The summed E-state index contributed by atoms with van der Waals surface area (Å²) in [6.07, 6.45) is 0. The molecule has 2 aromatic carbocycles. The number of anilines is 1. The van der Waals surface area contributed by atoms with Crippen LogP contribution in [0.1, 0.15) is 20.4 Å². The zero-order valence-electron chi connectivity index (χ0n) is 14.1. The van der Waals surface area contributed by atoms with E-state index in [1.165, 1.54) is 42.5 Å². The molecular weight excluding hydrogens is 405 g/mol. The van der Waals surface area contributed by atoms with Crippen LogP contribution in [-0.4, -0.2) is 24.5 Å². The van der Waals surface area contributed by atoms with E-state index in [0.717, 1.165) is 11.3 Å². The second-order valence-corrected chi connectivity index (χ2v) is 8.23. The summed E-state index contributed by atoms with van der Waals surface area (Å²) in [7, 11) is -3.87. The molecule has 0 saturated heterocycles. The number of nitrogens with one attached hydrogen (secondary N) is 2. The van der Waals surface area contributed by atoms with Crippen LogP contribution >= 0.6 is 11.3 Å². The number of para-hydroxylation sites is 1. The number of benzene rings is 2. The topological polar surface area (TPSA) is 125 Å². The van der Waals surface area contributed by atoms with Gasteiger partial charge >= 0.3 is 0 Å². The minimum absolute atomic E-state index is 0.00215. The van der Waals surface area contributed by atoms with Crippen LogP contribution in [0.2, 0.25) is 0 Å². The highest BCUT2D eigenvalue weighted by Crippen LogP contribution is 2.17. The summed E-state index contributed by atoms with van der Waals surface area (Å²) in [5.74, 6) is -1.24. The van der Waals surface area contributed by atoms with Crippen molar-refractivity contribution in [3.8, 4) is 6.07 Å². The zero-order chi connectivity index (χ0) is 20.1. The summed E-state index contributed by atoms with van der Waals surface area (Å²) in [6, 6.07) is 13.1. The van der Waals surface area contributed by atoms with E-state index in [1.807, 2.05) is 6.07 Å². The number of nitrogens with zero attached hydrogens (tertiary/aromatic N) is 3. The van der Waals surface area contributed by atoms with Crippen molar-refractivity contribution in [3.63, 3.8) is 0 Å². The normalized spacial score (nSPS) is 11.0. The number of hydrogen-bond acceptors (Lipinski definition) is 7. The van der Waals surface area contributed by atoms with Crippen LogP contribution in [0.3, 0.4) is 0 Å². The van der Waals surface area contributed by atoms with E-state index in [4.69, 9.17) is 5.26 Å². The maximum Gasteiger partial charge on any atom is 0.286 e. The Kier molecular flexibility index (Phi) is 5.74. The van der Waals surface area contributed by atoms with Gasteiger partial charge in [-0.25, -0.2) is 17.5 Å². The molecule has 0 saturated carbocycles. The molecule has 3 rings (SSSR count). The number of rotatable bonds is 6. The van der Waals surface area contributed by atoms with Crippen molar-refractivity contribution in [2.24, 2.45) is 0 Å². The Hall–Kier alpha value is -3.20. The van der Waals surface area contributed by atoms with E-state index in [1.54, 1.807) is 6.07 Å². The molecule has 0 aliphatic heterocycles. The fourth-order valence-corrected chi connectivity index (χ4v) is 3.93. The number of nitriles is 1. The first-order valence-electron chi connectivity index (χ1n) is 7.77. The van der Waals surface area contributed by atoms with Crippen molar-refractivity contribution in [1.82, 2.24) is 14.9 Å². The maximum atomic E-state index is 13.6. The summed E-state index contributed by atoms with van der Waals surface area (Å²) in [6.45, 7) is -0.191. The number of hydrogen-bond donors (Lipinski definition) is 2. The molecule has 0 aliphatic rings. The fourth-order valence-electron chi connectivity index (χ4n) is 2.13. The highest BCUT2D eigenvalue weighted by Gasteiger charge is 2.18. The molecule has 142 valence electrons. The van der Waals surface area contributed by atoms with E-state index in [-0.39, 0.29) is 32.7 Å². The number of carbonyl (C=O) groups excluding carboxylic acids is 1. The molecule has 0 atom stereocenters. The van der Waals surface area contributed by atoms with Crippen LogP contribution in [0.5, 0.6) is 0 Å². The van der Waals surface area contributed by atoms with E-state index < -0.39 is 21.7 Å². The van der Waals surface area contributed by atoms with Gasteiger partial charge in [0.15, 0.2) is 0 Å². The van der Waals surface area contributed by atoms with Gasteiger partial charge in [0.1, 0.15) is 10.8 Å². The van der Waals surface area contributed by atoms with Crippen LogP contribution < -0.4 is 10.0 Å². The lowest BCUT2D eigenvalue weighted by Crippen LogP contribution is -2.23. The van der Waals surface area contributed by atoms with Crippen molar-refractivity contribution in [2.45, 2.75) is 11.4 Å². The molecule has 11 heteroatoms. The van der Waals surface area contributed by atoms with Gasteiger partial charge in [0.05, 0.1) is 28.8 Å². The van der Waals surface area contributed by atoms with Crippen LogP contribution in [-0.2, 0) is 16.6 Å². The molecule has 2 N–H and O–H groups in total. The quantitative estimate of drug-likeness (QED) is 0.634. The van der Waals surface area contributed by atoms with E-state index >= 15 is 0 Å². The van der Waals surface area contributed by atoms with E-state index in [0.29, 0.717) is 0 Å². The summed E-state index contributed by atoms with van der Waals surface area (Å²) in [5, 5.41) is 18.9.